The summed E-state index contributed by atoms with van der Waals surface area (Å²) >= 11 is 0. The number of carboxylic acids is 1. The zero-order chi connectivity index (χ0) is 17.1. The number of carboxylic acid groups (broad SMARTS) is 1. The normalized spacial score (nSPS) is 26.2. The molecule has 0 aliphatic carbocycles. The predicted octanol–water partition coefficient (Wildman–Crippen LogP) is -3.24. The second-order valence-corrected chi connectivity index (χ2v) is 5.12. The van der Waals surface area contributed by atoms with Crippen LogP contribution < -0.4 is 5.32 Å². The molecule has 0 aromatic carbocycles. The lowest BCUT2D eigenvalue weighted by Crippen LogP contribution is -2.55. The minimum atomic E-state index is -2.32. The number of aliphatic hydroxyl groups is 2. The third-order valence-electron chi connectivity index (χ3n) is 3.55. The van der Waals surface area contributed by atoms with Crippen molar-refractivity contribution in [2.45, 2.75) is 37.1 Å². The van der Waals surface area contributed by atoms with Crippen molar-refractivity contribution in [1.82, 2.24) is 10.4 Å². The molecular weight excluding hydrogens is 316 g/mol. The average Bonchev–Trinajstić information content (AvgIpc) is 2.38. The maximum atomic E-state index is 11.6. The van der Waals surface area contributed by atoms with E-state index in [0.717, 1.165) is 5.06 Å². The summed E-state index contributed by atoms with van der Waals surface area (Å²) in [6.45, 7) is 0.730. The van der Waals surface area contributed by atoms with Crippen molar-refractivity contribution in [3.63, 3.8) is 0 Å². The SMILES string of the molecule is O=C(OC(=O)C(O)C(O)C(=O)ON1CCC1C(=O)O)C1CCN1. The van der Waals surface area contributed by atoms with Crippen LogP contribution in [0.1, 0.15) is 12.8 Å². The van der Waals surface area contributed by atoms with Crippen molar-refractivity contribution in [3.8, 4) is 0 Å². The maximum absolute atomic E-state index is 11.6. The summed E-state index contributed by atoms with van der Waals surface area (Å²) in [6.07, 6.45) is -3.90. The second-order valence-electron chi connectivity index (χ2n) is 5.12. The number of hydroxylamine groups is 2. The highest BCUT2D eigenvalue weighted by Crippen LogP contribution is 2.18. The van der Waals surface area contributed by atoms with Crippen molar-refractivity contribution in [1.29, 1.82) is 0 Å². The number of hydrogen-bond acceptors (Lipinski definition) is 10. The first-order valence-corrected chi connectivity index (χ1v) is 6.87. The van der Waals surface area contributed by atoms with Crippen LogP contribution in [0.4, 0.5) is 0 Å². The summed E-state index contributed by atoms with van der Waals surface area (Å²) < 4.78 is 4.33. The van der Waals surface area contributed by atoms with E-state index < -0.39 is 48.2 Å². The van der Waals surface area contributed by atoms with E-state index in [0.29, 0.717) is 13.0 Å². The van der Waals surface area contributed by atoms with Crippen LogP contribution in [0.5, 0.6) is 0 Å². The molecule has 0 saturated carbocycles. The molecule has 23 heavy (non-hydrogen) atoms. The Morgan fingerprint density at radius 3 is 2.13 bits per heavy atom. The molecule has 2 saturated heterocycles. The number of aliphatic hydroxyl groups excluding tert-OH is 2. The Hall–Kier alpha value is -2.08. The van der Waals surface area contributed by atoms with Gasteiger partial charge in [0.1, 0.15) is 12.1 Å². The van der Waals surface area contributed by atoms with E-state index in [2.05, 4.69) is 14.9 Å². The third kappa shape index (κ3) is 3.82. The Balaban J connectivity index is 1.81. The monoisotopic (exact) mass is 332 g/mol. The van der Waals surface area contributed by atoms with Gasteiger partial charge in [0.15, 0.2) is 12.2 Å². The summed E-state index contributed by atoms with van der Waals surface area (Å²) in [7, 11) is 0. The number of aliphatic carboxylic acids is 1. The van der Waals surface area contributed by atoms with Crippen LogP contribution in [-0.4, -0.2) is 81.6 Å². The molecule has 4 N–H and O–H groups in total. The van der Waals surface area contributed by atoms with Gasteiger partial charge in [0, 0.05) is 6.54 Å². The molecule has 0 spiro atoms. The Kier molecular flexibility index (Phi) is 5.26. The Labute approximate surface area is 129 Å². The van der Waals surface area contributed by atoms with Crippen molar-refractivity contribution < 1.29 is 44.1 Å². The van der Waals surface area contributed by atoms with Gasteiger partial charge in [0.05, 0.1) is 0 Å². The van der Waals surface area contributed by atoms with Crippen LogP contribution in [0.15, 0.2) is 0 Å². The number of hydrogen-bond donors (Lipinski definition) is 4. The van der Waals surface area contributed by atoms with Crippen LogP contribution in [0.3, 0.4) is 0 Å². The molecular formula is C12H16N2O9. The summed E-state index contributed by atoms with van der Waals surface area (Å²) in [5, 5.41) is 31.3. The van der Waals surface area contributed by atoms with Gasteiger partial charge in [-0.25, -0.2) is 14.4 Å². The van der Waals surface area contributed by atoms with E-state index >= 15 is 0 Å². The van der Waals surface area contributed by atoms with Gasteiger partial charge in [-0.05, 0) is 19.4 Å². The molecule has 2 aliphatic heterocycles. The van der Waals surface area contributed by atoms with E-state index in [-0.39, 0.29) is 13.0 Å². The zero-order valence-electron chi connectivity index (χ0n) is 11.9. The zero-order valence-corrected chi connectivity index (χ0v) is 11.9. The van der Waals surface area contributed by atoms with Crippen LogP contribution in [0.2, 0.25) is 0 Å². The molecule has 11 heteroatoms. The highest BCUT2D eigenvalue weighted by molar-refractivity contribution is 5.93. The van der Waals surface area contributed by atoms with Crippen LogP contribution in [-0.2, 0) is 28.8 Å². The molecule has 0 bridgehead atoms. The molecule has 128 valence electrons. The smallest absolute Gasteiger partial charge is 0.357 e. The molecule has 0 aromatic rings. The van der Waals surface area contributed by atoms with Crippen molar-refractivity contribution in [2.75, 3.05) is 13.1 Å². The first-order chi connectivity index (χ1) is 10.8. The van der Waals surface area contributed by atoms with Crippen molar-refractivity contribution in [3.05, 3.63) is 0 Å². The summed E-state index contributed by atoms with van der Waals surface area (Å²) in [5.74, 6) is -5.05. The summed E-state index contributed by atoms with van der Waals surface area (Å²) in [6, 6.07) is -1.70. The van der Waals surface area contributed by atoms with Crippen LogP contribution in [0.25, 0.3) is 0 Å². The van der Waals surface area contributed by atoms with Crippen LogP contribution >= 0.6 is 0 Å². The largest absolute Gasteiger partial charge is 0.480 e. The number of carbonyl (C=O) groups is 4. The highest BCUT2D eigenvalue weighted by atomic mass is 16.7. The average molecular weight is 332 g/mol. The van der Waals surface area contributed by atoms with E-state index in [1.165, 1.54) is 0 Å². The van der Waals surface area contributed by atoms with Gasteiger partial charge in [-0.2, -0.15) is 0 Å². The predicted molar refractivity (Wildman–Crippen MR) is 68.4 cm³/mol. The maximum Gasteiger partial charge on any atom is 0.357 e. The fourth-order valence-electron chi connectivity index (χ4n) is 1.87. The van der Waals surface area contributed by atoms with Gasteiger partial charge in [-0.15, -0.1) is 5.06 Å². The van der Waals surface area contributed by atoms with E-state index in [1.807, 2.05) is 0 Å². The fourth-order valence-corrected chi connectivity index (χ4v) is 1.87. The molecule has 0 amide bonds. The molecule has 2 heterocycles. The topological polar surface area (TPSA) is 163 Å². The van der Waals surface area contributed by atoms with Gasteiger partial charge in [0.25, 0.3) is 0 Å². The molecule has 0 aromatic heterocycles. The Morgan fingerprint density at radius 1 is 1.09 bits per heavy atom. The van der Waals surface area contributed by atoms with Crippen molar-refractivity contribution >= 4 is 23.9 Å². The number of carbonyl (C=O) groups excluding carboxylic acids is 3. The summed E-state index contributed by atoms with van der Waals surface area (Å²) in [5.41, 5.74) is 0. The second kappa shape index (κ2) is 7.00. The minimum absolute atomic E-state index is 0.141. The molecule has 2 rings (SSSR count). The fraction of sp³-hybridized carbons (Fsp3) is 0.667. The van der Waals surface area contributed by atoms with E-state index in [1.54, 1.807) is 0 Å². The molecule has 2 aliphatic rings. The highest BCUT2D eigenvalue weighted by Gasteiger charge is 2.41. The lowest BCUT2D eigenvalue weighted by molar-refractivity contribution is -0.240. The number of rotatable bonds is 6. The van der Waals surface area contributed by atoms with Gasteiger partial charge >= 0.3 is 23.9 Å². The van der Waals surface area contributed by atoms with Crippen LogP contribution in [0, 0.1) is 0 Å². The van der Waals surface area contributed by atoms with Gasteiger partial charge < -0.3 is 30.2 Å². The lowest BCUT2D eigenvalue weighted by Gasteiger charge is -2.35. The number of nitrogens with zero attached hydrogens (tertiary/aromatic N) is 1. The molecule has 2 fully saturated rings. The van der Waals surface area contributed by atoms with Gasteiger partial charge in [-0.3, -0.25) is 4.79 Å². The number of ether oxygens (including phenoxy) is 1. The molecule has 11 nitrogen and oxygen atoms in total. The van der Waals surface area contributed by atoms with E-state index in [9.17, 15) is 29.4 Å². The third-order valence-corrected chi connectivity index (χ3v) is 3.55. The molecule has 4 unspecified atom stereocenters. The molecule has 4 atom stereocenters. The first kappa shape index (κ1) is 17.3. The summed E-state index contributed by atoms with van der Waals surface area (Å²) in [4.78, 5) is 49.8. The lowest BCUT2D eigenvalue weighted by atomic mass is 10.1. The van der Waals surface area contributed by atoms with Crippen molar-refractivity contribution in [2.24, 2.45) is 0 Å². The van der Waals surface area contributed by atoms with E-state index in [4.69, 9.17) is 5.11 Å². The van der Waals surface area contributed by atoms with Gasteiger partial charge in [0.2, 0.25) is 0 Å². The number of esters is 2. The standard InChI is InChI=1S/C12H16N2O9/c15-7(11(20)22-10(19)5-1-3-13-5)8(16)12(21)23-14-4-2-6(14)9(17)18/h5-8,13,15-16H,1-4H2,(H,17,18). The van der Waals surface area contributed by atoms with Gasteiger partial charge in [-0.1, -0.05) is 0 Å². The Morgan fingerprint density at radius 2 is 1.70 bits per heavy atom. The quantitative estimate of drug-likeness (QED) is 0.285. The minimum Gasteiger partial charge on any atom is -0.480 e. The number of nitrogens with one attached hydrogen (secondary N) is 1. The molecule has 0 radical (unpaired) electrons. The first-order valence-electron chi connectivity index (χ1n) is 6.87. The Bertz CT molecular complexity index is 519.